The molecule has 0 aliphatic heterocycles. The minimum atomic E-state index is -1.56. The Hall–Kier alpha value is -6.50. The first kappa shape index (κ1) is 26.7. The number of benzene rings is 2. The maximum absolute atomic E-state index is 12.6. The molecule has 0 spiro atoms. The summed E-state index contributed by atoms with van der Waals surface area (Å²) in [6.07, 6.45) is -1.38. The lowest BCUT2D eigenvalue weighted by molar-refractivity contribution is -0.138. The number of carboxylic acid groups (broad SMARTS) is 2. The number of hydrogen-bond donors (Lipinski definition) is 2. The van der Waals surface area contributed by atoms with Crippen LogP contribution in [0.1, 0.15) is 64.6 Å². The number of hydrogen-bond acceptors (Lipinski definition) is 10. The predicted octanol–water partition coefficient (Wildman–Crippen LogP) is 3.33. The van der Waals surface area contributed by atoms with E-state index in [0.717, 1.165) is 0 Å². The zero-order valence-corrected chi connectivity index (χ0v) is 22.0. The van der Waals surface area contributed by atoms with Crippen molar-refractivity contribution in [3.63, 3.8) is 0 Å². The third kappa shape index (κ3) is 3.72. The van der Waals surface area contributed by atoms with Crippen LogP contribution in [0.25, 0.3) is 22.5 Å². The summed E-state index contributed by atoms with van der Waals surface area (Å²) in [7, 11) is 0. The van der Waals surface area contributed by atoms with Crippen molar-refractivity contribution in [2.45, 2.75) is 30.1 Å². The van der Waals surface area contributed by atoms with Gasteiger partial charge in [0.25, 0.3) is 0 Å². The Labute approximate surface area is 243 Å². The Morgan fingerprint density at radius 3 is 1.30 bits per heavy atom. The van der Waals surface area contributed by atoms with Crippen molar-refractivity contribution < 1.29 is 19.8 Å². The van der Waals surface area contributed by atoms with Crippen molar-refractivity contribution in [2.24, 2.45) is 0 Å². The largest absolute Gasteiger partial charge is 0.481 e. The molecule has 0 saturated heterocycles. The number of aliphatic carboxylic acids is 2. The lowest BCUT2D eigenvalue weighted by atomic mass is 9.62. The van der Waals surface area contributed by atoms with Gasteiger partial charge in [-0.15, -0.1) is 0 Å². The van der Waals surface area contributed by atoms with Gasteiger partial charge in [-0.3, -0.25) is 9.59 Å². The van der Waals surface area contributed by atoms with Gasteiger partial charge in [-0.25, -0.2) is 19.9 Å². The molecular formula is C31H16N8O4. The van der Waals surface area contributed by atoms with Crippen molar-refractivity contribution in [1.82, 2.24) is 19.9 Å². The molecule has 4 aromatic rings. The van der Waals surface area contributed by atoms with Gasteiger partial charge in [-0.2, -0.15) is 21.0 Å². The third-order valence-electron chi connectivity index (χ3n) is 8.03. The molecule has 2 aliphatic rings. The predicted molar refractivity (Wildman–Crippen MR) is 144 cm³/mol. The van der Waals surface area contributed by atoms with Gasteiger partial charge < -0.3 is 10.2 Å². The number of nitriles is 4. The van der Waals surface area contributed by atoms with Crippen molar-refractivity contribution in [3.8, 4) is 46.8 Å². The van der Waals surface area contributed by atoms with Gasteiger partial charge >= 0.3 is 11.9 Å². The zero-order valence-electron chi connectivity index (χ0n) is 22.0. The molecule has 2 atom stereocenters. The van der Waals surface area contributed by atoms with E-state index in [2.05, 4.69) is 19.9 Å². The highest BCUT2D eigenvalue weighted by Gasteiger charge is 2.57. The van der Waals surface area contributed by atoms with Gasteiger partial charge in [-0.05, 0) is 17.5 Å². The Kier molecular flexibility index (Phi) is 5.93. The number of rotatable bonds is 6. The SMILES string of the molecule is N#Cc1nc2c(nc1C#N)C(CC(=O)O)(CC1(CC(=O)O)c3ccccc3-c3nc(C#N)c(C#N)nc31)c1ccccc1-2. The van der Waals surface area contributed by atoms with Gasteiger partial charge in [-0.1, -0.05) is 48.5 Å². The fraction of sp³-hybridized carbons (Fsp3) is 0.161. The summed E-state index contributed by atoms with van der Waals surface area (Å²) >= 11 is 0. The third-order valence-corrected chi connectivity index (χ3v) is 8.03. The normalized spacial score (nSPS) is 18.5. The first-order valence-electron chi connectivity index (χ1n) is 12.8. The Morgan fingerprint density at radius 1 is 0.605 bits per heavy atom. The average molecular weight is 565 g/mol. The molecule has 2 aliphatic carbocycles. The van der Waals surface area contributed by atoms with Crippen LogP contribution in [0, 0.1) is 45.3 Å². The second-order valence-corrected chi connectivity index (χ2v) is 10.3. The summed E-state index contributed by atoms with van der Waals surface area (Å²) in [4.78, 5) is 43.1. The van der Waals surface area contributed by atoms with E-state index in [1.807, 2.05) is 24.3 Å². The maximum atomic E-state index is 12.6. The quantitative estimate of drug-likeness (QED) is 0.344. The molecule has 2 aromatic heterocycles. The molecule has 0 fully saturated rings. The van der Waals surface area contributed by atoms with Crippen molar-refractivity contribution in [1.29, 1.82) is 21.0 Å². The molecule has 204 valence electrons. The molecule has 2 unspecified atom stereocenters. The van der Waals surface area contributed by atoms with E-state index in [-0.39, 0.29) is 52.0 Å². The Bertz CT molecular complexity index is 1950. The minimum Gasteiger partial charge on any atom is -0.481 e. The number of aromatic nitrogens is 4. The summed E-state index contributed by atoms with van der Waals surface area (Å²) < 4.78 is 0. The van der Waals surface area contributed by atoms with Crippen LogP contribution in [0.3, 0.4) is 0 Å². The molecule has 0 bridgehead atoms. The molecule has 0 amide bonds. The minimum absolute atomic E-state index is 0.115. The van der Waals surface area contributed by atoms with Crippen molar-refractivity contribution in [2.75, 3.05) is 0 Å². The van der Waals surface area contributed by atoms with Crippen LogP contribution in [-0.4, -0.2) is 42.1 Å². The lowest BCUT2D eigenvalue weighted by Crippen LogP contribution is -2.41. The standard InChI is InChI=1S/C31H16N8O4/c32-11-20-22(13-34)38-28-26(36-20)16-5-1-3-7-18(16)30(28,9-24(40)41)15-31(10-25(42)43)19-8-4-2-6-17(19)27-29(31)39-23(14-35)21(12-33)37-27/h1-8H,9-10,15H2,(H,40,41)(H,42,43). The number of carboxylic acids is 2. The van der Waals surface area contributed by atoms with Crippen molar-refractivity contribution in [3.05, 3.63) is 93.8 Å². The molecule has 12 heteroatoms. The Balaban J connectivity index is 1.75. The molecule has 43 heavy (non-hydrogen) atoms. The number of carbonyl (C=O) groups is 2. The van der Waals surface area contributed by atoms with E-state index >= 15 is 0 Å². The van der Waals surface area contributed by atoms with Gasteiger partial charge in [0.05, 0.1) is 46.4 Å². The summed E-state index contributed by atoms with van der Waals surface area (Å²) in [5, 5.41) is 59.5. The first-order valence-corrected chi connectivity index (χ1v) is 12.8. The van der Waals surface area contributed by atoms with Crippen LogP contribution in [0.5, 0.6) is 0 Å². The summed E-state index contributed by atoms with van der Waals surface area (Å²) in [6, 6.07) is 21.1. The van der Waals surface area contributed by atoms with E-state index in [4.69, 9.17) is 0 Å². The molecule has 0 saturated carbocycles. The fourth-order valence-corrected chi connectivity index (χ4v) is 6.57. The van der Waals surface area contributed by atoms with Crippen LogP contribution in [0.15, 0.2) is 48.5 Å². The second kappa shape index (κ2) is 9.55. The van der Waals surface area contributed by atoms with E-state index in [1.165, 1.54) is 0 Å². The Morgan fingerprint density at radius 2 is 0.953 bits per heavy atom. The number of fused-ring (bicyclic) bond motifs is 6. The van der Waals surface area contributed by atoms with E-state index < -0.39 is 35.6 Å². The summed E-state index contributed by atoms with van der Waals surface area (Å²) in [6.45, 7) is 0. The zero-order chi connectivity index (χ0) is 30.5. The van der Waals surface area contributed by atoms with E-state index in [9.17, 15) is 40.8 Å². The van der Waals surface area contributed by atoms with Crippen LogP contribution in [-0.2, 0) is 20.4 Å². The van der Waals surface area contributed by atoms with Gasteiger partial charge in [0.2, 0.25) is 0 Å². The van der Waals surface area contributed by atoms with Crippen LogP contribution < -0.4 is 0 Å². The highest BCUT2D eigenvalue weighted by atomic mass is 16.4. The molecule has 6 rings (SSSR count). The molecule has 2 aromatic carbocycles. The lowest BCUT2D eigenvalue weighted by Gasteiger charge is -2.39. The topological polar surface area (TPSA) is 221 Å². The molecule has 12 nitrogen and oxygen atoms in total. The smallest absolute Gasteiger partial charge is 0.304 e. The average Bonchev–Trinajstić information content (AvgIpc) is 3.41. The molecule has 2 N–H and O–H groups in total. The maximum Gasteiger partial charge on any atom is 0.304 e. The highest BCUT2D eigenvalue weighted by Crippen LogP contribution is 2.60. The summed E-state index contributed by atoms with van der Waals surface area (Å²) in [5.74, 6) is -2.46. The van der Waals surface area contributed by atoms with Crippen LogP contribution >= 0.6 is 0 Å². The first-order chi connectivity index (χ1) is 20.7. The fourth-order valence-electron chi connectivity index (χ4n) is 6.57. The monoisotopic (exact) mass is 564 g/mol. The van der Waals surface area contributed by atoms with E-state index in [1.54, 1.807) is 48.5 Å². The van der Waals surface area contributed by atoms with Gasteiger partial charge in [0, 0.05) is 11.1 Å². The number of nitrogens with zero attached hydrogens (tertiary/aromatic N) is 8. The van der Waals surface area contributed by atoms with Crippen molar-refractivity contribution >= 4 is 11.9 Å². The molecule has 0 radical (unpaired) electrons. The van der Waals surface area contributed by atoms with Crippen LogP contribution in [0.2, 0.25) is 0 Å². The molecule has 2 heterocycles. The van der Waals surface area contributed by atoms with Gasteiger partial charge in [0.1, 0.15) is 24.3 Å². The second-order valence-electron chi connectivity index (χ2n) is 10.3. The van der Waals surface area contributed by atoms with Gasteiger partial charge in [0.15, 0.2) is 22.8 Å². The molecular weight excluding hydrogens is 548 g/mol. The summed E-state index contributed by atoms with van der Waals surface area (Å²) in [5.41, 5.74) is -1.57. The van der Waals surface area contributed by atoms with Crippen LogP contribution in [0.4, 0.5) is 0 Å². The highest BCUT2D eigenvalue weighted by molar-refractivity contribution is 5.85. The van der Waals surface area contributed by atoms with E-state index in [0.29, 0.717) is 22.3 Å².